The normalized spacial score (nSPS) is 13.4. The van der Waals surface area contributed by atoms with Gasteiger partial charge in [0.15, 0.2) is 0 Å². The lowest BCUT2D eigenvalue weighted by atomic mass is 9.80. The Morgan fingerprint density at radius 2 is 0.636 bits per heavy atom. The molecule has 0 atom stereocenters. The van der Waals surface area contributed by atoms with Crippen LogP contribution in [0.4, 0.5) is 0 Å². The van der Waals surface area contributed by atoms with Crippen LogP contribution in [0.2, 0.25) is 0 Å². The zero-order valence-corrected chi connectivity index (χ0v) is 30.8. The van der Waals surface area contributed by atoms with E-state index in [0.29, 0.717) is 0 Å². The van der Waals surface area contributed by atoms with Gasteiger partial charge in [0.2, 0.25) is 0 Å². The van der Waals surface area contributed by atoms with Crippen LogP contribution in [0.5, 0.6) is 0 Å². The maximum atomic E-state index is 2.49. The molecule has 0 aromatic heterocycles. The molecule has 0 unspecified atom stereocenters. The Bertz CT molecular complexity index is 3380. The van der Waals surface area contributed by atoms with Crippen molar-refractivity contribution in [3.05, 3.63) is 193 Å². The zero-order chi connectivity index (χ0) is 36.4. The maximum absolute atomic E-state index is 2.49. The molecule has 0 nitrogen and oxygen atoms in total. The van der Waals surface area contributed by atoms with E-state index in [1.807, 2.05) is 0 Å². The van der Waals surface area contributed by atoms with E-state index in [0.717, 1.165) is 0 Å². The predicted octanol–water partition coefficient (Wildman–Crippen LogP) is 15.4. The second-order valence-electron chi connectivity index (χ2n) is 15.9. The van der Waals surface area contributed by atoms with E-state index >= 15 is 0 Å². The van der Waals surface area contributed by atoms with E-state index < -0.39 is 0 Å². The van der Waals surface area contributed by atoms with Crippen LogP contribution in [0, 0.1) is 0 Å². The Kier molecular flexibility index (Phi) is 6.21. The average molecular weight is 697 g/mol. The molecular weight excluding hydrogens is 661 g/mol. The first kappa shape index (κ1) is 30.7. The Labute approximate surface area is 319 Å². The highest BCUT2D eigenvalue weighted by Crippen LogP contribution is 2.52. The lowest BCUT2D eigenvalue weighted by molar-refractivity contribution is 0.660. The van der Waals surface area contributed by atoms with Crippen molar-refractivity contribution < 1.29 is 0 Å². The van der Waals surface area contributed by atoms with Crippen molar-refractivity contribution in [3.63, 3.8) is 0 Å². The molecule has 55 heavy (non-hydrogen) atoms. The molecule has 0 bridgehead atoms. The van der Waals surface area contributed by atoms with E-state index in [4.69, 9.17) is 0 Å². The number of fused-ring (bicyclic) bond motifs is 16. The fraction of sp³-hybridized carbons (Fsp3) is 0.0545. The molecule has 0 amide bonds. The summed E-state index contributed by atoms with van der Waals surface area (Å²) in [6, 6.07) is 68.4. The van der Waals surface area contributed by atoms with E-state index in [9.17, 15) is 0 Å². The van der Waals surface area contributed by atoms with Crippen LogP contribution in [-0.4, -0.2) is 0 Å². The summed E-state index contributed by atoms with van der Waals surface area (Å²) < 4.78 is 0. The standard InChI is InChI=1S/C55H36/c1-55(2)49-26-14-13-18-39(49)40-30-28-34(32-50(40)55)52-46-24-11-9-22-44(46)51(45-23-10-12-25-47(45)52)33-27-29-38-37-17-5-7-20-42(37)53-41-19-6-3-15-35(41)36-16-4-8-21-43(36)54(53)48(38)31-33/h3-32H,1-2H3. The second-order valence-corrected chi connectivity index (χ2v) is 15.9. The summed E-state index contributed by atoms with van der Waals surface area (Å²) in [5.74, 6) is 0. The fourth-order valence-corrected chi connectivity index (χ4v) is 10.4. The minimum atomic E-state index is -0.0684. The predicted molar refractivity (Wildman–Crippen MR) is 237 cm³/mol. The summed E-state index contributed by atoms with van der Waals surface area (Å²) in [7, 11) is 0. The number of rotatable bonds is 2. The van der Waals surface area contributed by atoms with Crippen molar-refractivity contribution >= 4 is 75.4 Å². The fourth-order valence-electron chi connectivity index (χ4n) is 10.4. The van der Waals surface area contributed by atoms with Crippen LogP contribution in [-0.2, 0) is 5.41 Å². The van der Waals surface area contributed by atoms with Gasteiger partial charge in [0, 0.05) is 5.41 Å². The first-order valence-electron chi connectivity index (χ1n) is 19.4. The second kappa shape index (κ2) is 11.1. The lowest BCUT2D eigenvalue weighted by Gasteiger charge is -2.23. The molecule has 0 saturated carbocycles. The molecule has 11 aromatic rings. The van der Waals surface area contributed by atoms with Crippen molar-refractivity contribution in [1.82, 2.24) is 0 Å². The minimum Gasteiger partial charge on any atom is -0.0619 e. The Morgan fingerprint density at radius 1 is 0.273 bits per heavy atom. The van der Waals surface area contributed by atoms with Gasteiger partial charge in [0.05, 0.1) is 0 Å². The van der Waals surface area contributed by atoms with Crippen LogP contribution >= 0.6 is 0 Å². The van der Waals surface area contributed by atoms with Gasteiger partial charge in [-0.2, -0.15) is 0 Å². The molecule has 12 rings (SSSR count). The van der Waals surface area contributed by atoms with Gasteiger partial charge in [0.1, 0.15) is 0 Å². The smallest absolute Gasteiger partial charge is 0.0159 e. The quantitative estimate of drug-likeness (QED) is 0.125. The lowest BCUT2D eigenvalue weighted by Crippen LogP contribution is -2.14. The molecule has 11 aromatic carbocycles. The molecule has 0 heteroatoms. The van der Waals surface area contributed by atoms with Crippen LogP contribution in [0.3, 0.4) is 0 Å². The van der Waals surface area contributed by atoms with Gasteiger partial charge in [-0.25, -0.2) is 0 Å². The molecule has 256 valence electrons. The Morgan fingerprint density at radius 3 is 1.16 bits per heavy atom. The summed E-state index contributed by atoms with van der Waals surface area (Å²) in [4.78, 5) is 0. The monoisotopic (exact) mass is 696 g/mol. The van der Waals surface area contributed by atoms with E-state index in [1.54, 1.807) is 0 Å². The third-order valence-corrected chi connectivity index (χ3v) is 12.8. The van der Waals surface area contributed by atoms with E-state index in [1.165, 1.54) is 120 Å². The van der Waals surface area contributed by atoms with Gasteiger partial charge in [-0.3, -0.25) is 0 Å². The highest BCUT2D eigenvalue weighted by Gasteiger charge is 2.35. The maximum Gasteiger partial charge on any atom is 0.0159 e. The van der Waals surface area contributed by atoms with Gasteiger partial charge < -0.3 is 0 Å². The van der Waals surface area contributed by atoms with Crippen LogP contribution < -0.4 is 0 Å². The molecule has 0 aliphatic heterocycles. The van der Waals surface area contributed by atoms with E-state index in [2.05, 4.69) is 196 Å². The first-order valence-corrected chi connectivity index (χ1v) is 19.4. The molecule has 0 N–H and O–H groups in total. The third kappa shape index (κ3) is 4.12. The zero-order valence-electron chi connectivity index (χ0n) is 30.8. The number of hydrogen-bond donors (Lipinski definition) is 0. The summed E-state index contributed by atoms with van der Waals surface area (Å²) in [6.45, 7) is 4.75. The van der Waals surface area contributed by atoms with Crippen LogP contribution in [0.1, 0.15) is 25.0 Å². The van der Waals surface area contributed by atoms with Crippen LogP contribution in [0.15, 0.2) is 182 Å². The van der Waals surface area contributed by atoms with Gasteiger partial charge in [-0.05, 0) is 132 Å². The van der Waals surface area contributed by atoms with Crippen LogP contribution in [0.25, 0.3) is 109 Å². The molecule has 0 saturated heterocycles. The van der Waals surface area contributed by atoms with Crippen molar-refractivity contribution in [2.75, 3.05) is 0 Å². The van der Waals surface area contributed by atoms with Crippen molar-refractivity contribution in [3.8, 4) is 33.4 Å². The largest absolute Gasteiger partial charge is 0.0619 e. The SMILES string of the molecule is CC1(C)c2ccccc2-c2ccc(-c3c4ccccc4c(-c4ccc5c6ccccc6c6c7ccccc7c7ccccc7c6c5c4)c4ccccc34)cc21. The van der Waals surface area contributed by atoms with Gasteiger partial charge in [-0.15, -0.1) is 0 Å². The summed E-state index contributed by atoms with van der Waals surface area (Å²) >= 11 is 0. The van der Waals surface area contributed by atoms with Crippen molar-refractivity contribution in [2.24, 2.45) is 0 Å². The van der Waals surface area contributed by atoms with Gasteiger partial charge in [-0.1, -0.05) is 184 Å². The Balaban J connectivity index is 1.19. The highest BCUT2D eigenvalue weighted by molar-refractivity contribution is 6.39. The third-order valence-electron chi connectivity index (χ3n) is 12.8. The minimum absolute atomic E-state index is 0.0684. The average Bonchev–Trinajstić information content (AvgIpc) is 3.47. The molecule has 0 fully saturated rings. The number of benzene rings is 11. The summed E-state index contributed by atoms with van der Waals surface area (Å²) in [5, 5.41) is 18.2. The molecule has 0 spiro atoms. The van der Waals surface area contributed by atoms with Gasteiger partial charge in [0.25, 0.3) is 0 Å². The topological polar surface area (TPSA) is 0 Å². The summed E-state index contributed by atoms with van der Waals surface area (Å²) in [5.41, 5.74) is 10.6. The summed E-state index contributed by atoms with van der Waals surface area (Å²) in [6.07, 6.45) is 0. The van der Waals surface area contributed by atoms with Gasteiger partial charge >= 0.3 is 0 Å². The molecule has 0 radical (unpaired) electrons. The molecule has 0 heterocycles. The molecule has 1 aliphatic rings. The van der Waals surface area contributed by atoms with E-state index in [-0.39, 0.29) is 5.41 Å². The highest BCUT2D eigenvalue weighted by atomic mass is 14.4. The van der Waals surface area contributed by atoms with Crippen molar-refractivity contribution in [1.29, 1.82) is 0 Å². The van der Waals surface area contributed by atoms with Crippen molar-refractivity contribution in [2.45, 2.75) is 19.3 Å². The molecular formula is C55H36. The molecule has 1 aliphatic carbocycles. The Hall–Kier alpha value is -6.76. The first-order chi connectivity index (χ1) is 27.1. The number of hydrogen-bond acceptors (Lipinski definition) is 0.